The van der Waals surface area contributed by atoms with Crippen LogP contribution in [0.1, 0.15) is 19.8 Å². The van der Waals surface area contributed by atoms with Crippen molar-refractivity contribution in [2.45, 2.75) is 29.9 Å². The molecule has 0 radical (unpaired) electrons. The molecule has 0 spiro atoms. The van der Waals surface area contributed by atoms with Crippen molar-refractivity contribution in [3.63, 3.8) is 0 Å². The Balaban J connectivity index is 1.57. The number of nitrogens with one attached hydrogen (secondary N) is 3. The minimum absolute atomic E-state index is 0.0672. The van der Waals surface area contributed by atoms with Gasteiger partial charge in [-0.05, 0) is 36.4 Å². The van der Waals surface area contributed by atoms with Crippen LogP contribution >= 0.6 is 11.8 Å². The van der Waals surface area contributed by atoms with Crippen molar-refractivity contribution in [1.82, 2.24) is 0 Å². The number of benzene rings is 2. The first-order chi connectivity index (χ1) is 12.5. The molecule has 0 saturated heterocycles. The highest BCUT2D eigenvalue weighted by Gasteiger charge is 2.28. The Morgan fingerprint density at radius 3 is 2.27 bits per heavy atom. The smallest absolute Gasteiger partial charge is 0.238 e. The van der Waals surface area contributed by atoms with E-state index in [2.05, 4.69) is 16.0 Å². The standard InChI is InChI=1S/C19H19N3O3S/c1-2-17(23)20-12-7-9-13(10-8-12)21-18(24)11-16-19(25)22-14-5-3-4-6-15(14)26-16/h3-10,16H,2,11H2,1H3,(H,20,23)(H,21,24)(H,22,25)/t16-/m0/s1. The molecule has 3 amide bonds. The topological polar surface area (TPSA) is 87.3 Å². The summed E-state index contributed by atoms with van der Waals surface area (Å²) in [6.45, 7) is 1.78. The molecular weight excluding hydrogens is 350 g/mol. The predicted molar refractivity (Wildman–Crippen MR) is 103 cm³/mol. The van der Waals surface area contributed by atoms with E-state index < -0.39 is 5.25 Å². The molecule has 3 rings (SSSR count). The largest absolute Gasteiger partial charge is 0.326 e. The van der Waals surface area contributed by atoms with E-state index in [-0.39, 0.29) is 24.1 Å². The molecule has 0 unspecified atom stereocenters. The van der Waals surface area contributed by atoms with Crippen LogP contribution in [-0.4, -0.2) is 23.0 Å². The summed E-state index contributed by atoms with van der Waals surface area (Å²) in [5, 5.41) is 7.89. The first-order valence-electron chi connectivity index (χ1n) is 8.31. The molecule has 3 N–H and O–H groups in total. The van der Waals surface area contributed by atoms with Crippen LogP contribution in [0.3, 0.4) is 0 Å². The maximum Gasteiger partial charge on any atom is 0.238 e. The zero-order valence-electron chi connectivity index (χ0n) is 14.2. The predicted octanol–water partition coefficient (Wildman–Crippen LogP) is 3.48. The normalized spacial score (nSPS) is 15.6. The van der Waals surface area contributed by atoms with E-state index in [1.54, 1.807) is 31.2 Å². The first kappa shape index (κ1) is 18.0. The first-order valence-corrected chi connectivity index (χ1v) is 9.19. The Morgan fingerprint density at radius 2 is 1.62 bits per heavy atom. The SMILES string of the molecule is CCC(=O)Nc1ccc(NC(=O)C[C@@H]2Sc3ccccc3NC2=O)cc1. The van der Waals surface area contributed by atoms with Crippen molar-refractivity contribution < 1.29 is 14.4 Å². The summed E-state index contributed by atoms with van der Waals surface area (Å²) in [7, 11) is 0. The molecular formula is C19H19N3O3S. The molecule has 2 aromatic carbocycles. The van der Waals surface area contributed by atoms with Gasteiger partial charge in [0.15, 0.2) is 0 Å². The molecule has 7 heteroatoms. The Bertz CT molecular complexity index is 836. The van der Waals surface area contributed by atoms with Crippen LogP contribution < -0.4 is 16.0 Å². The van der Waals surface area contributed by atoms with Crippen molar-refractivity contribution in [3.8, 4) is 0 Å². The molecule has 26 heavy (non-hydrogen) atoms. The lowest BCUT2D eigenvalue weighted by atomic mass is 10.2. The van der Waals surface area contributed by atoms with Gasteiger partial charge in [-0.1, -0.05) is 19.1 Å². The van der Waals surface area contributed by atoms with Crippen LogP contribution in [-0.2, 0) is 14.4 Å². The number of rotatable bonds is 5. The lowest BCUT2D eigenvalue weighted by Crippen LogP contribution is -2.32. The summed E-state index contributed by atoms with van der Waals surface area (Å²) < 4.78 is 0. The lowest BCUT2D eigenvalue weighted by Gasteiger charge is -2.23. The summed E-state index contributed by atoms with van der Waals surface area (Å²) in [5.41, 5.74) is 2.07. The molecule has 1 aliphatic rings. The highest BCUT2D eigenvalue weighted by Crippen LogP contribution is 2.36. The van der Waals surface area contributed by atoms with E-state index in [0.29, 0.717) is 17.8 Å². The Labute approximate surface area is 155 Å². The van der Waals surface area contributed by atoms with Gasteiger partial charge in [0.05, 0.1) is 10.9 Å². The quantitative estimate of drug-likeness (QED) is 0.753. The van der Waals surface area contributed by atoms with E-state index in [9.17, 15) is 14.4 Å². The van der Waals surface area contributed by atoms with E-state index in [1.807, 2.05) is 24.3 Å². The monoisotopic (exact) mass is 369 g/mol. The van der Waals surface area contributed by atoms with Crippen molar-refractivity contribution >= 4 is 46.5 Å². The van der Waals surface area contributed by atoms with Gasteiger partial charge < -0.3 is 16.0 Å². The number of hydrogen-bond donors (Lipinski definition) is 3. The molecule has 0 aromatic heterocycles. The van der Waals surface area contributed by atoms with Crippen LogP contribution in [0.2, 0.25) is 0 Å². The summed E-state index contributed by atoms with van der Waals surface area (Å²) >= 11 is 1.40. The third-order valence-corrected chi connectivity index (χ3v) is 5.13. The van der Waals surface area contributed by atoms with Gasteiger partial charge in [0, 0.05) is 29.1 Å². The van der Waals surface area contributed by atoms with Crippen LogP contribution in [0.4, 0.5) is 17.1 Å². The Kier molecular flexibility index (Phi) is 5.58. The second kappa shape index (κ2) is 8.05. The van der Waals surface area contributed by atoms with Gasteiger partial charge in [-0.3, -0.25) is 14.4 Å². The fourth-order valence-electron chi connectivity index (χ4n) is 2.49. The minimum atomic E-state index is -0.465. The molecule has 0 saturated carbocycles. The third kappa shape index (κ3) is 4.43. The van der Waals surface area contributed by atoms with Crippen LogP contribution in [0.15, 0.2) is 53.4 Å². The van der Waals surface area contributed by atoms with Crippen molar-refractivity contribution in [1.29, 1.82) is 0 Å². The van der Waals surface area contributed by atoms with Crippen molar-refractivity contribution in [2.24, 2.45) is 0 Å². The van der Waals surface area contributed by atoms with Gasteiger partial charge in [-0.15, -0.1) is 11.8 Å². The molecule has 134 valence electrons. The fraction of sp³-hybridized carbons (Fsp3) is 0.211. The van der Waals surface area contributed by atoms with Gasteiger partial charge in [0.2, 0.25) is 17.7 Å². The maximum atomic E-state index is 12.3. The number of anilines is 3. The maximum absolute atomic E-state index is 12.3. The number of thioether (sulfide) groups is 1. The Hall–Kier alpha value is -2.80. The number of fused-ring (bicyclic) bond motifs is 1. The van der Waals surface area contributed by atoms with E-state index >= 15 is 0 Å². The van der Waals surface area contributed by atoms with E-state index in [4.69, 9.17) is 0 Å². The second-order valence-electron chi connectivity index (χ2n) is 5.82. The van der Waals surface area contributed by atoms with Gasteiger partial charge in [-0.25, -0.2) is 0 Å². The summed E-state index contributed by atoms with van der Waals surface area (Å²) in [6, 6.07) is 14.4. The molecule has 0 bridgehead atoms. The molecule has 0 fully saturated rings. The van der Waals surface area contributed by atoms with Gasteiger partial charge in [0.25, 0.3) is 0 Å². The summed E-state index contributed by atoms with van der Waals surface area (Å²) in [4.78, 5) is 36.8. The molecule has 1 heterocycles. The van der Waals surface area contributed by atoms with Crippen molar-refractivity contribution in [3.05, 3.63) is 48.5 Å². The van der Waals surface area contributed by atoms with Crippen LogP contribution in [0, 0.1) is 0 Å². The van der Waals surface area contributed by atoms with Crippen LogP contribution in [0.25, 0.3) is 0 Å². The van der Waals surface area contributed by atoms with Gasteiger partial charge in [0.1, 0.15) is 0 Å². The van der Waals surface area contributed by atoms with Gasteiger partial charge in [-0.2, -0.15) is 0 Å². The van der Waals surface area contributed by atoms with Crippen LogP contribution in [0.5, 0.6) is 0 Å². The number of carbonyl (C=O) groups excluding carboxylic acids is 3. The number of amides is 3. The highest BCUT2D eigenvalue weighted by atomic mass is 32.2. The second-order valence-corrected chi connectivity index (χ2v) is 7.07. The third-order valence-electron chi connectivity index (χ3n) is 3.85. The molecule has 1 aliphatic heterocycles. The Morgan fingerprint density at radius 1 is 1.00 bits per heavy atom. The van der Waals surface area contributed by atoms with Gasteiger partial charge >= 0.3 is 0 Å². The summed E-state index contributed by atoms with van der Waals surface area (Å²) in [5.74, 6) is -0.466. The zero-order valence-corrected chi connectivity index (χ0v) is 15.1. The minimum Gasteiger partial charge on any atom is -0.326 e. The molecule has 1 atom stereocenters. The average molecular weight is 369 g/mol. The number of carbonyl (C=O) groups is 3. The van der Waals surface area contributed by atoms with E-state index in [0.717, 1.165) is 10.6 Å². The lowest BCUT2D eigenvalue weighted by molar-refractivity contribution is -0.120. The zero-order chi connectivity index (χ0) is 18.5. The summed E-state index contributed by atoms with van der Waals surface area (Å²) in [6.07, 6.45) is 0.488. The number of para-hydroxylation sites is 1. The highest BCUT2D eigenvalue weighted by molar-refractivity contribution is 8.01. The fourth-order valence-corrected chi connectivity index (χ4v) is 3.60. The average Bonchev–Trinajstić information content (AvgIpc) is 2.64. The molecule has 2 aromatic rings. The van der Waals surface area contributed by atoms with E-state index in [1.165, 1.54) is 11.8 Å². The molecule has 0 aliphatic carbocycles. The molecule has 6 nitrogen and oxygen atoms in total. The van der Waals surface area contributed by atoms with Crippen molar-refractivity contribution in [2.75, 3.05) is 16.0 Å². The number of hydrogen-bond acceptors (Lipinski definition) is 4.